The second-order valence-electron chi connectivity index (χ2n) is 8.48. The van der Waals surface area contributed by atoms with Gasteiger partial charge in [0.05, 0.1) is 7.13 Å². The number of carbonyl (C=O) groups is 1. The Hall–Kier alpha value is -2.88. The van der Waals surface area contributed by atoms with Gasteiger partial charge in [-0.2, -0.15) is 0 Å². The summed E-state index contributed by atoms with van der Waals surface area (Å²) in [5, 5.41) is 13.2. The van der Waals surface area contributed by atoms with Crippen LogP contribution in [0.25, 0.3) is 32.8 Å². The number of nitrogens with zero attached hydrogens (tertiary/aromatic N) is 2. The molecule has 5 heteroatoms. The molecule has 0 fully saturated rings. The number of carbonyl (C=O) groups excluding carboxylic acids is 1. The van der Waals surface area contributed by atoms with Crippen LogP contribution in [0.4, 0.5) is 0 Å². The molecular formula is C27H25IrN2O2-. The molecule has 0 aliphatic heterocycles. The average molecular weight is 603 g/mol. The number of hydrogen-bond acceptors (Lipinski definition) is 4. The van der Waals surface area contributed by atoms with Crippen LogP contribution in [0, 0.1) is 13.0 Å². The van der Waals surface area contributed by atoms with Gasteiger partial charge in [0.1, 0.15) is 0 Å². The molecule has 1 N–H and O–H groups in total. The van der Waals surface area contributed by atoms with Crippen LogP contribution < -0.4 is 0 Å². The molecule has 1 aliphatic rings. The Kier molecular flexibility index (Phi) is 6.23. The minimum absolute atomic E-state index is 0. The Balaban J connectivity index is 0.000000297. The molecule has 5 rings (SSSR count). The molecule has 0 bridgehead atoms. The van der Waals surface area contributed by atoms with E-state index in [1.54, 1.807) is 0 Å². The summed E-state index contributed by atoms with van der Waals surface area (Å²) >= 11 is 0. The van der Waals surface area contributed by atoms with E-state index in [9.17, 15) is 4.79 Å². The van der Waals surface area contributed by atoms with Gasteiger partial charge in [0, 0.05) is 44.2 Å². The molecule has 2 aromatic heterocycles. The Morgan fingerprint density at radius 2 is 1.84 bits per heavy atom. The van der Waals surface area contributed by atoms with Gasteiger partial charge in [0.25, 0.3) is 0 Å². The fourth-order valence-corrected chi connectivity index (χ4v) is 4.29. The maximum absolute atomic E-state index is 10.2. The molecule has 0 atom stereocenters. The van der Waals surface area contributed by atoms with Crippen molar-refractivity contribution in [1.29, 1.82) is 0 Å². The van der Waals surface area contributed by atoms with E-state index in [0.717, 1.165) is 16.6 Å². The Labute approximate surface area is 203 Å². The van der Waals surface area contributed by atoms with E-state index in [-0.39, 0.29) is 37.3 Å². The Bertz CT molecular complexity index is 1420. The van der Waals surface area contributed by atoms with Crippen molar-refractivity contribution in [2.45, 2.75) is 40.0 Å². The summed E-state index contributed by atoms with van der Waals surface area (Å²) in [5.74, 6) is -0.637. The smallest absolute Gasteiger partial charge is 0.155 e. The zero-order chi connectivity index (χ0) is 23.2. The zero-order valence-electron chi connectivity index (χ0n) is 19.7. The summed E-state index contributed by atoms with van der Waals surface area (Å²) in [6.45, 7) is 9.32. The number of benzene rings is 2. The second-order valence-corrected chi connectivity index (χ2v) is 8.48. The van der Waals surface area contributed by atoms with Gasteiger partial charge < -0.3 is 10.1 Å². The first kappa shape index (κ1) is 22.3. The fourth-order valence-electron chi connectivity index (χ4n) is 4.29. The quantitative estimate of drug-likeness (QED) is 0.159. The largest absolute Gasteiger partial charge is 0.512 e. The summed E-state index contributed by atoms with van der Waals surface area (Å²) in [6.07, 6.45) is 5.63. The number of ketones is 1. The minimum atomic E-state index is -0.412. The van der Waals surface area contributed by atoms with Crippen molar-refractivity contribution in [2.75, 3.05) is 0 Å². The van der Waals surface area contributed by atoms with Crippen molar-refractivity contribution in [3.63, 3.8) is 0 Å². The number of allylic oxidation sites excluding steroid dienone is 2. The normalized spacial score (nSPS) is 14.3. The van der Waals surface area contributed by atoms with Gasteiger partial charge >= 0.3 is 0 Å². The topological polar surface area (TPSA) is 63.1 Å². The van der Waals surface area contributed by atoms with Gasteiger partial charge in [-0.1, -0.05) is 59.5 Å². The van der Waals surface area contributed by atoms with Gasteiger partial charge in [0.2, 0.25) is 0 Å². The van der Waals surface area contributed by atoms with Crippen LogP contribution in [-0.4, -0.2) is 20.9 Å². The number of aromatic nitrogens is 2. The third kappa shape index (κ3) is 4.23. The first-order valence-corrected chi connectivity index (χ1v) is 10.2. The minimum Gasteiger partial charge on any atom is -0.512 e. The van der Waals surface area contributed by atoms with Crippen molar-refractivity contribution >= 4 is 27.3 Å². The zero-order valence-corrected chi connectivity index (χ0v) is 21.1. The molecule has 4 aromatic rings. The number of rotatable bonds is 1. The van der Waals surface area contributed by atoms with E-state index in [1.165, 1.54) is 46.7 Å². The summed E-state index contributed by atoms with van der Waals surface area (Å²) in [5.41, 5.74) is 6.02. The molecule has 0 spiro atoms. The third-order valence-corrected chi connectivity index (χ3v) is 5.63. The molecule has 0 unspecified atom stereocenters. The third-order valence-electron chi connectivity index (χ3n) is 5.63. The molecule has 32 heavy (non-hydrogen) atoms. The number of aliphatic hydroxyl groups excluding tert-OH is 1. The standard InChI is InChI=1S/C22H17N2.C5H8O2.Ir/c1-13-8-15-5-7-24-21-17-10-16-12-23-6-4-14(16)11-18(17)22(2,3)19(9-13)20(15)21;1-4(6)3-5(2)7;/h4-9,11-12H,1-3H3;3,6H,1-2H3;/q-1;;/b;4-3-;/i;3D;. The van der Waals surface area contributed by atoms with Gasteiger partial charge in [-0.25, -0.2) is 0 Å². The predicted octanol–water partition coefficient (Wildman–Crippen LogP) is 6.23. The average Bonchev–Trinajstić information content (AvgIpc) is 2.76. The summed E-state index contributed by atoms with van der Waals surface area (Å²) < 4.78 is 6.76. The monoisotopic (exact) mass is 603 g/mol. The van der Waals surface area contributed by atoms with E-state index in [0.29, 0.717) is 0 Å². The number of aliphatic hydroxyl groups is 1. The first-order valence-electron chi connectivity index (χ1n) is 10.7. The molecule has 0 saturated heterocycles. The van der Waals surface area contributed by atoms with Crippen LogP contribution in [0.1, 0.15) is 45.8 Å². The second kappa shape index (κ2) is 8.93. The molecular weight excluding hydrogens is 577 g/mol. The molecule has 2 aromatic carbocycles. The summed E-state index contributed by atoms with van der Waals surface area (Å²) in [7, 11) is 0. The molecule has 2 heterocycles. The molecule has 4 nitrogen and oxygen atoms in total. The number of aryl methyl sites for hydroxylation is 1. The van der Waals surface area contributed by atoms with Crippen LogP contribution in [0.2, 0.25) is 0 Å². The van der Waals surface area contributed by atoms with Gasteiger partial charge in [-0.05, 0) is 54.8 Å². The number of hydrogen-bond donors (Lipinski definition) is 1. The van der Waals surface area contributed by atoms with Crippen LogP contribution in [0.5, 0.6) is 0 Å². The summed E-state index contributed by atoms with van der Waals surface area (Å²) in [6, 6.07) is 14.3. The van der Waals surface area contributed by atoms with Crippen molar-refractivity contribution in [3.8, 4) is 11.3 Å². The van der Waals surface area contributed by atoms with E-state index < -0.39 is 5.78 Å². The maximum atomic E-state index is 10.2. The Morgan fingerprint density at radius 1 is 1.12 bits per heavy atom. The summed E-state index contributed by atoms with van der Waals surface area (Å²) in [4.78, 5) is 19.2. The van der Waals surface area contributed by atoms with Crippen molar-refractivity contribution in [1.82, 2.24) is 9.97 Å². The van der Waals surface area contributed by atoms with Crippen LogP contribution >= 0.6 is 0 Å². The van der Waals surface area contributed by atoms with Crippen molar-refractivity contribution in [2.24, 2.45) is 0 Å². The fraction of sp³-hybridized carbons (Fsp3) is 0.222. The number of pyridine rings is 2. The maximum Gasteiger partial charge on any atom is 0.155 e. The SMILES string of the molecule is Cc1cc2c3c(nccc3c1)-c1[c-]c3cnccc3cc1C2(C)C.[2H]/C(C(C)=O)=C(\C)O.[Ir]. The molecule has 165 valence electrons. The molecule has 0 saturated carbocycles. The Morgan fingerprint density at radius 3 is 2.50 bits per heavy atom. The van der Waals surface area contributed by atoms with Crippen LogP contribution in [0.3, 0.4) is 0 Å². The van der Waals surface area contributed by atoms with E-state index in [1.807, 2.05) is 18.6 Å². The van der Waals surface area contributed by atoms with Gasteiger partial charge in [-0.15, -0.1) is 12.1 Å². The molecule has 0 amide bonds. The molecule has 1 radical (unpaired) electrons. The predicted molar refractivity (Wildman–Crippen MR) is 125 cm³/mol. The van der Waals surface area contributed by atoms with Gasteiger partial charge in [0.15, 0.2) is 5.78 Å². The van der Waals surface area contributed by atoms with E-state index >= 15 is 0 Å². The molecule has 1 aliphatic carbocycles. The van der Waals surface area contributed by atoms with Crippen LogP contribution in [0.15, 0.2) is 60.7 Å². The van der Waals surface area contributed by atoms with Crippen molar-refractivity contribution in [3.05, 3.63) is 83.5 Å². The number of fused-ring (bicyclic) bond motifs is 3. The first-order chi connectivity index (χ1) is 15.1. The van der Waals surface area contributed by atoms with Gasteiger partial charge in [-0.3, -0.25) is 9.78 Å². The van der Waals surface area contributed by atoms with Crippen molar-refractivity contribution < 1.29 is 31.4 Å². The van der Waals surface area contributed by atoms with E-state index in [4.69, 9.17) is 11.5 Å². The van der Waals surface area contributed by atoms with E-state index in [2.05, 4.69) is 62.2 Å². The van der Waals surface area contributed by atoms with Crippen LogP contribution in [-0.2, 0) is 30.3 Å².